The van der Waals surface area contributed by atoms with Gasteiger partial charge in [0.15, 0.2) is 10.1 Å². The summed E-state index contributed by atoms with van der Waals surface area (Å²) in [6.07, 6.45) is 2.71. The first-order valence-electron chi connectivity index (χ1n) is 8.19. The molecule has 0 aliphatic carbocycles. The number of anilines is 1. The lowest BCUT2D eigenvalue weighted by Crippen LogP contribution is -2.03. The average molecular weight is 435 g/mol. The zero-order valence-corrected chi connectivity index (χ0v) is 17.3. The molecule has 4 aromatic rings. The maximum Gasteiger partial charge on any atom is 0.206 e. The molecule has 0 bridgehead atoms. The Labute approximate surface area is 173 Å². The molecule has 138 valence electrons. The first kappa shape index (κ1) is 18.5. The van der Waals surface area contributed by atoms with Gasteiger partial charge < -0.3 is 9.73 Å². The van der Waals surface area contributed by atoms with Crippen molar-refractivity contribution >= 4 is 51.2 Å². The SMILES string of the molecule is Clc1cccc(-c2cnc(CSc3nnc(NCCc4cccs4)s3)o2)c1. The first-order valence-corrected chi connectivity index (χ1v) is 11.3. The summed E-state index contributed by atoms with van der Waals surface area (Å²) in [6, 6.07) is 11.7. The highest BCUT2D eigenvalue weighted by Crippen LogP contribution is 2.30. The van der Waals surface area contributed by atoms with Gasteiger partial charge in [-0.3, -0.25) is 0 Å². The van der Waals surface area contributed by atoms with Crippen LogP contribution in [0.25, 0.3) is 11.3 Å². The van der Waals surface area contributed by atoms with Crippen molar-refractivity contribution < 1.29 is 4.42 Å². The number of hydrogen-bond donors (Lipinski definition) is 1. The quantitative estimate of drug-likeness (QED) is 0.350. The van der Waals surface area contributed by atoms with Crippen molar-refractivity contribution in [3.8, 4) is 11.3 Å². The summed E-state index contributed by atoms with van der Waals surface area (Å²) in [7, 11) is 0. The van der Waals surface area contributed by atoms with E-state index in [4.69, 9.17) is 16.0 Å². The van der Waals surface area contributed by atoms with Crippen molar-refractivity contribution in [3.63, 3.8) is 0 Å². The van der Waals surface area contributed by atoms with Crippen LogP contribution in [0.2, 0.25) is 5.02 Å². The minimum absolute atomic E-state index is 0.602. The number of halogens is 1. The lowest BCUT2D eigenvalue weighted by molar-refractivity contribution is 0.530. The van der Waals surface area contributed by atoms with Gasteiger partial charge in [0.05, 0.1) is 11.9 Å². The number of thioether (sulfide) groups is 1. The second kappa shape index (κ2) is 8.88. The number of nitrogens with zero attached hydrogens (tertiary/aromatic N) is 3. The van der Waals surface area contributed by atoms with E-state index in [2.05, 4.69) is 38.0 Å². The second-order valence-corrected chi connectivity index (χ2v) is 9.22. The lowest BCUT2D eigenvalue weighted by atomic mass is 10.2. The van der Waals surface area contributed by atoms with E-state index in [9.17, 15) is 0 Å². The molecule has 0 aliphatic heterocycles. The molecule has 0 spiro atoms. The molecule has 0 radical (unpaired) electrons. The topological polar surface area (TPSA) is 63.8 Å². The molecule has 0 saturated carbocycles. The highest BCUT2D eigenvalue weighted by molar-refractivity contribution is 8.00. The molecule has 1 N–H and O–H groups in total. The van der Waals surface area contributed by atoms with Crippen LogP contribution in [0.1, 0.15) is 10.8 Å². The second-order valence-electron chi connectivity index (χ2n) is 5.55. The van der Waals surface area contributed by atoms with Crippen LogP contribution in [0.4, 0.5) is 5.13 Å². The fraction of sp³-hybridized carbons (Fsp3) is 0.167. The summed E-state index contributed by atoms with van der Waals surface area (Å²) in [5.41, 5.74) is 0.916. The maximum atomic E-state index is 6.02. The Morgan fingerprint density at radius 2 is 2.15 bits per heavy atom. The van der Waals surface area contributed by atoms with Crippen LogP contribution in [0.5, 0.6) is 0 Å². The summed E-state index contributed by atoms with van der Waals surface area (Å²) in [6.45, 7) is 0.850. The normalized spacial score (nSPS) is 11.0. The maximum absolute atomic E-state index is 6.02. The van der Waals surface area contributed by atoms with Gasteiger partial charge in [0, 0.05) is 22.0 Å². The fourth-order valence-electron chi connectivity index (χ4n) is 2.36. The van der Waals surface area contributed by atoms with Crippen LogP contribution in [-0.2, 0) is 12.2 Å². The number of nitrogens with one attached hydrogen (secondary N) is 1. The third kappa shape index (κ3) is 5.10. The Kier molecular flexibility index (Phi) is 6.08. The van der Waals surface area contributed by atoms with Crippen LogP contribution >= 0.6 is 46.0 Å². The Morgan fingerprint density at radius 3 is 3.00 bits per heavy atom. The van der Waals surface area contributed by atoms with Crippen molar-refractivity contribution in [2.45, 2.75) is 16.5 Å². The molecule has 3 aromatic heterocycles. The predicted molar refractivity (Wildman–Crippen MR) is 113 cm³/mol. The Balaban J connectivity index is 1.28. The molecule has 3 heterocycles. The van der Waals surface area contributed by atoms with Gasteiger partial charge in [-0.2, -0.15) is 0 Å². The zero-order valence-electron chi connectivity index (χ0n) is 14.1. The van der Waals surface area contributed by atoms with Crippen molar-refractivity contribution in [3.05, 3.63) is 63.8 Å². The van der Waals surface area contributed by atoms with E-state index in [0.717, 1.165) is 28.0 Å². The lowest BCUT2D eigenvalue weighted by Gasteiger charge is -1.99. The van der Waals surface area contributed by atoms with Gasteiger partial charge in [0.1, 0.15) is 0 Å². The third-order valence-corrected chi connectivity index (χ3v) is 6.79. The summed E-state index contributed by atoms with van der Waals surface area (Å²) >= 11 is 10.9. The fourth-order valence-corrected chi connectivity index (χ4v) is 4.89. The number of aromatic nitrogens is 3. The van der Waals surface area contributed by atoms with Gasteiger partial charge in [0.25, 0.3) is 0 Å². The Bertz CT molecular complexity index is 1000. The molecular weight excluding hydrogens is 420 g/mol. The Morgan fingerprint density at radius 1 is 1.19 bits per heavy atom. The summed E-state index contributed by atoms with van der Waals surface area (Å²) in [5, 5.41) is 15.3. The van der Waals surface area contributed by atoms with E-state index in [1.807, 2.05) is 24.3 Å². The largest absolute Gasteiger partial charge is 0.440 e. The molecule has 1 aromatic carbocycles. The molecule has 0 amide bonds. The van der Waals surface area contributed by atoms with Crippen LogP contribution in [0.3, 0.4) is 0 Å². The van der Waals surface area contributed by atoms with E-state index in [1.54, 1.807) is 40.6 Å². The highest BCUT2D eigenvalue weighted by atomic mass is 35.5. The van der Waals surface area contributed by atoms with Gasteiger partial charge >= 0.3 is 0 Å². The van der Waals surface area contributed by atoms with Crippen molar-refractivity contribution in [2.24, 2.45) is 0 Å². The van der Waals surface area contributed by atoms with E-state index >= 15 is 0 Å². The monoisotopic (exact) mass is 434 g/mol. The molecule has 0 unspecified atom stereocenters. The molecule has 27 heavy (non-hydrogen) atoms. The van der Waals surface area contributed by atoms with E-state index in [1.165, 1.54) is 4.88 Å². The van der Waals surface area contributed by atoms with Crippen molar-refractivity contribution in [1.82, 2.24) is 15.2 Å². The predicted octanol–water partition coefficient (Wildman–Crippen LogP) is 5.85. The molecular formula is C18H15ClN4OS3. The van der Waals surface area contributed by atoms with Gasteiger partial charge in [-0.25, -0.2) is 4.98 Å². The van der Waals surface area contributed by atoms with Gasteiger partial charge in [-0.15, -0.1) is 21.5 Å². The molecule has 4 rings (SSSR count). The Hall–Kier alpha value is -1.87. The van der Waals surface area contributed by atoms with Crippen LogP contribution in [-0.4, -0.2) is 21.7 Å². The van der Waals surface area contributed by atoms with Gasteiger partial charge in [-0.1, -0.05) is 52.9 Å². The molecule has 0 aliphatic rings. The number of rotatable bonds is 8. The highest BCUT2D eigenvalue weighted by Gasteiger charge is 2.10. The number of hydrogen-bond acceptors (Lipinski definition) is 8. The minimum atomic E-state index is 0.602. The van der Waals surface area contributed by atoms with Crippen LogP contribution in [0.15, 0.2) is 56.7 Å². The average Bonchev–Trinajstić information content (AvgIpc) is 3.42. The number of benzene rings is 1. The standard InChI is InChI=1S/C18H15ClN4OS3/c19-13-4-1-3-12(9-13)15-10-21-16(24-15)11-26-18-23-22-17(27-18)20-7-6-14-5-2-8-25-14/h1-5,8-10H,6-7,11H2,(H,20,22). The molecule has 0 fully saturated rings. The van der Waals surface area contributed by atoms with Gasteiger partial charge in [0.2, 0.25) is 11.0 Å². The minimum Gasteiger partial charge on any atom is -0.440 e. The third-order valence-electron chi connectivity index (χ3n) is 3.62. The van der Waals surface area contributed by atoms with E-state index < -0.39 is 0 Å². The number of thiophene rings is 1. The molecule has 5 nitrogen and oxygen atoms in total. The molecule has 9 heteroatoms. The number of oxazole rings is 1. The van der Waals surface area contributed by atoms with E-state index in [-0.39, 0.29) is 0 Å². The summed E-state index contributed by atoms with van der Waals surface area (Å²) < 4.78 is 6.70. The molecule has 0 atom stereocenters. The molecule has 0 saturated heterocycles. The zero-order chi connectivity index (χ0) is 18.5. The van der Waals surface area contributed by atoms with Crippen LogP contribution < -0.4 is 5.32 Å². The first-order chi connectivity index (χ1) is 13.3. The van der Waals surface area contributed by atoms with E-state index in [0.29, 0.717) is 22.4 Å². The van der Waals surface area contributed by atoms with Crippen LogP contribution in [0, 0.1) is 0 Å². The van der Waals surface area contributed by atoms with Gasteiger partial charge in [-0.05, 0) is 30.0 Å². The van der Waals surface area contributed by atoms with Crippen molar-refractivity contribution in [1.29, 1.82) is 0 Å². The van der Waals surface area contributed by atoms with Crippen molar-refractivity contribution in [2.75, 3.05) is 11.9 Å². The smallest absolute Gasteiger partial charge is 0.206 e. The summed E-state index contributed by atoms with van der Waals surface area (Å²) in [5.74, 6) is 1.96. The summed E-state index contributed by atoms with van der Waals surface area (Å²) in [4.78, 5) is 5.70.